The number of pyridine rings is 1. The van der Waals surface area contributed by atoms with E-state index >= 15 is 4.39 Å². The molecule has 29 heavy (non-hydrogen) atoms. The van der Waals surface area contributed by atoms with Crippen LogP contribution in [0.2, 0.25) is 0 Å². The Morgan fingerprint density at radius 3 is 2.59 bits per heavy atom. The quantitative estimate of drug-likeness (QED) is 0.705. The van der Waals surface area contributed by atoms with Crippen LogP contribution in [0.5, 0.6) is 0 Å². The maximum absolute atomic E-state index is 15.2. The van der Waals surface area contributed by atoms with E-state index in [0.29, 0.717) is 34.3 Å². The van der Waals surface area contributed by atoms with Gasteiger partial charge in [-0.05, 0) is 43.0 Å². The number of rotatable bonds is 3. The summed E-state index contributed by atoms with van der Waals surface area (Å²) in [6.45, 7) is 2.33. The zero-order valence-electron chi connectivity index (χ0n) is 15.7. The predicted octanol–water partition coefficient (Wildman–Crippen LogP) is 3.89. The lowest BCUT2D eigenvalue weighted by Crippen LogP contribution is -2.19. The van der Waals surface area contributed by atoms with Gasteiger partial charge in [-0.1, -0.05) is 6.07 Å². The molecule has 2 heterocycles. The Bertz CT molecular complexity index is 1280. The first-order valence-corrected chi connectivity index (χ1v) is 9.51. The lowest BCUT2D eigenvalue weighted by molar-refractivity contribution is 0.0695. The number of hydrogen-bond acceptors (Lipinski definition) is 3. The highest BCUT2D eigenvalue weighted by Crippen LogP contribution is 2.40. The third kappa shape index (κ3) is 2.61. The third-order valence-electron chi connectivity index (χ3n) is 5.94. The van der Waals surface area contributed by atoms with Gasteiger partial charge in [0.2, 0.25) is 5.43 Å². The van der Waals surface area contributed by atoms with Gasteiger partial charge in [-0.25, -0.2) is 13.6 Å². The summed E-state index contributed by atoms with van der Waals surface area (Å²) < 4.78 is 31.6. The molecule has 1 fully saturated rings. The maximum atomic E-state index is 15.2. The SMILES string of the molecule is Cc1c(-c2cc(F)c3c(c2F)CNC3)ccc2c(=O)c(C(=O)O)cn(C3CC3)c12. The molecule has 5 nitrogen and oxygen atoms in total. The van der Waals surface area contributed by atoms with E-state index in [1.165, 1.54) is 18.3 Å². The van der Waals surface area contributed by atoms with Crippen molar-refractivity contribution in [2.45, 2.75) is 38.9 Å². The molecule has 148 valence electrons. The Labute approximate surface area is 164 Å². The summed E-state index contributed by atoms with van der Waals surface area (Å²) in [6, 6.07) is 4.42. The molecule has 2 aliphatic rings. The molecule has 2 N–H and O–H groups in total. The number of carbonyl (C=O) groups is 1. The summed E-state index contributed by atoms with van der Waals surface area (Å²) in [5.41, 5.74) is 1.71. The Morgan fingerprint density at radius 2 is 1.90 bits per heavy atom. The highest BCUT2D eigenvalue weighted by molar-refractivity contribution is 5.95. The van der Waals surface area contributed by atoms with E-state index < -0.39 is 23.0 Å². The number of aromatic carboxylic acids is 1. The van der Waals surface area contributed by atoms with Crippen LogP contribution < -0.4 is 10.7 Å². The fourth-order valence-electron chi connectivity index (χ4n) is 4.31. The maximum Gasteiger partial charge on any atom is 0.341 e. The molecule has 1 aromatic heterocycles. The van der Waals surface area contributed by atoms with Crippen LogP contribution in [-0.2, 0) is 13.1 Å². The van der Waals surface area contributed by atoms with Gasteiger partial charge in [0.15, 0.2) is 0 Å². The largest absolute Gasteiger partial charge is 0.477 e. The average molecular weight is 396 g/mol. The number of carboxylic acid groups (broad SMARTS) is 1. The second-order valence-electron chi connectivity index (χ2n) is 7.73. The molecule has 0 spiro atoms. The third-order valence-corrected chi connectivity index (χ3v) is 5.94. The van der Waals surface area contributed by atoms with E-state index in [-0.39, 0.29) is 29.1 Å². The highest BCUT2D eigenvalue weighted by Gasteiger charge is 2.29. The number of nitrogens with zero attached hydrogens (tertiary/aromatic N) is 1. The minimum Gasteiger partial charge on any atom is -0.477 e. The van der Waals surface area contributed by atoms with Gasteiger partial charge in [0.05, 0.1) is 5.52 Å². The molecule has 1 saturated carbocycles. The van der Waals surface area contributed by atoms with Gasteiger partial charge in [-0.3, -0.25) is 4.79 Å². The molecule has 2 aromatic carbocycles. The van der Waals surface area contributed by atoms with Crippen molar-refractivity contribution in [3.8, 4) is 11.1 Å². The Kier molecular flexibility index (Phi) is 3.86. The van der Waals surface area contributed by atoms with Crippen molar-refractivity contribution >= 4 is 16.9 Å². The van der Waals surface area contributed by atoms with Crippen LogP contribution in [0, 0.1) is 18.6 Å². The Hall–Kier alpha value is -3.06. The van der Waals surface area contributed by atoms with Crippen molar-refractivity contribution in [3.63, 3.8) is 0 Å². The standard InChI is InChI=1S/C22H18F2N2O3/c1-10-12(14-6-18(23)15-7-25-8-16(15)19(14)24)4-5-13-20(10)26(11-2-3-11)9-17(21(13)27)22(28)29/h4-6,9,11,25H,2-3,7-8H2,1H3,(H,28,29). The number of halogens is 2. The molecular formula is C22H18F2N2O3. The first-order valence-electron chi connectivity index (χ1n) is 9.51. The molecule has 3 aromatic rings. The van der Waals surface area contributed by atoms with Crippen molar-refractivity contribution in [1.82, 2.24) is 9.88 Å². The van der Waals surface area contributed by atoms with E-state index in [4.69, 9.17) is 0 Å². The van der Waals surface area contributed by atoms with Crippen LogP contribution in [0.25, 0.3) is 22.0 Å². The van der Waals surface area contributed by atoms with Crippen LogP contribution in [0.15, 0.2) is 29.2 Å². The van der Waals surface area contributed by atoms with Crippen LogP contribution >= 0.6 is 0 Å². The topological polar surface area (TPSA) is 71.3 Å². The van der Waals surface area contributed by atoms with Crippen molar-refractivity contribution in [3.05, 3.63) is 68.5 Å². The van der Waals surface area contributed by atoms with Crippen LogP contribution in [0.3, 0.4) is 0 Å². The molecule has 0 bridgehead atoms. The van der Waals surface area contributed by atoms with Crippen molar-refractivity contribution in [2.75, 3.05) is 0 Å². The lowest BCUT2D eigenvalue weighted by atomic mass is 9.93. The summed E-state index contributed by atoms with van der Waals surface area (Å²) in [4.78, 5) is 24.2. The van der Waals surface area contributed by atoms with Gasteiger partial charge in [0.1, 0.15) is 17.2 Å². The summed E-state index contributed by atoms with van der Waals surface area (Å²) in [5.74, 6) is -2.19. The van der Waals surface area contributed by atoms with Crippen LogP contribution in [-0.4, -0.2) is 15.6 Å². The zero-order valence-corrected chi connectivity index (χ0v) is 15.7. The van der Waals surface area contributed by atoms with Gasteiger partial charge in [-0.2, -0.15) is 0 Å². The summed E-state index contributed by atoms with van der Waals surface area (Å²) in [7, 11) is 0. The smallest absolute Gasteiger partial charge is 0.341 e. The van der Waals surface area contributed by atoms with Gasteiger partial charge < -0.3 is 15.0 Å². The second kappa shape index (κ2) is 6.22. The number of carboxylic acids is 1. The fraction of sp³-hybridized carbons (Fsp3) is 0.273. The average Bonchev–Trinajstić information content (AvgIpc) is 3.40. The number of benzene rings is 2. The number of aromatic nitrogens is 1. The molecule has 0 saturated heterocycles. The fourth-order valence-corrected chi connectivity index (χ4v) is 4.31. The highest BCUT2D eigenvalue weighted by atomic mass is 19.1. The minimum atomic E-state index is -1.27. The zero-order chi connectivity index (χ0) is 20.4. The predicted molar refractivity (Wildman–Crippen MR) is 104 cm³/mol. The second-order valence-corrected chi connectivity index (χ2v) is 7.73. The van der Waals surface area contributed by atoms with Gasteiger partial charge in [0.25, 0.3) is 0 Å². The summed E-state index contributed by atoms with van der Waals surface area (Å²) in [6.07, 6.45) is 3.15. The molecule has 0 atom stereocenters. The number of nitrogens with one attached hydrogen (secondary N) is 1. The van der Waals surface area contributed by atoms with Crippen molar-refractivity contribution in [2.24, 2.45) is 0 Å². The molecule has 7 heteroatoms. The molecule has 5 rings (SSSR count). The summed E-state index contributed by atoms with van der Waals surface area (Å²) in [5, 5.41) is 12.6. The van der Waals surface area contributed by atoms with Gasteiger partial charge in [-0.15, -0.1) is 0 Å². The normalized spacial score (nSPS) is 15.7. The first kappa shape index (κ1) is 18.0. The monoisotopic (exact) mass is 396 g/mol. The van der Waals surface area contributed by atoms with Crippen LogP contribution in [0.4, 0.5) is 8.78 Å². The summed E-state index contributed by atoms with van der Waals surface area (Å²) >= 11 is 0. The number of hydrogen-bond donors (Lipinski definition) is 2. The first-order chi connectivity index (χ1) is 13.9. The minimum absolute atomic E-state index is 0.107. The van der Waals surface area contributed by atoms with E-state index in [2.05, 4.69) is 5.32 Å². The molecule has 0 amide bonds. The molecule has 0 unspecified atom stereocenters. The van der Waals surface area contributed by atoms with E-state index in [9.17, 15) is 19.1 Å². The van der Waals surface area contributed by atoms with E-state index in [0.717, 1.165) is 12.8 Å². The van der Waals surface area contributed by atoms with Gasteiger partial charge in [0, 0.05) is 47.4 Å². The lowest BCUT2D eigenvalue weighted by Gasteiger charge is -2.17. The molecular weight excluding hydrogens is 378 g/mol. The number of aryl methyl sites for hydroxylation is 1. The molecule has 1 aliphatic heterocycles. The van der Waals surface area contributed by atoms with Crippen molar-refractivity contribution in [1.29, 1.82) is 0 Å². The Balaban J connectivity index is 1.83. The molecule has 0 radical (unpaired) electrons. The Morgan fingerprint density at radius 1 is 1.17 bits per heavy atom. The van der Waals surface area contributed by atoms with E-state index in [1.807, 2.05) is 4.57 Å². The number of fused-ring (bicyclic) bond motifs is 2. The van der Waals surface area contributed by atoms with E-state index in [1.54, 1.807) is 13.0 Å². The molecule has 1 aliphatic carbocycles. The van der Waals surface area contributed by atoms with Gasteiger partial charge >= 0.3 is 5.97 Å². The van der Waals surface area contributed by atoms with Crippen LogP contribution in [0.1, 0.15) is 45.9 Å². The van der Waals surface area contributed by atoms with Crippen molar-refractivity contribution < 1.29 is 18.7 Å².